The van der Waals surface area contributed by atoms with Gasteiger partial charge in [-0.2, -0.15) is 9.78 Å². The van der Waals surface area contributed by atoms with Gasteiger partial charge in [-0.15, -0.1) is 0 Å². The fraction of sp³-hybridized carbons (Fsp3) is 0.333. The van der Waals surface area contributed by atoms with Crippen molar-refractivity contribution in [3.63, 3.8) is 0 Å². The third-order valence-electron chi connectivity index (χ3n) is 4.29. The lowest BCUT2D eigenvalue weighted by molar-refractivity contribution is -0.116. The summed E-state index contributed by atoms with van der Waals surface area (Å²) < 4.78 is 2.67. The molecular formula is C21H24BrN5O. The molecule has 0 saturated carbocycles. The molecule has 6 nitrogen and oxygen atoms in total. The summed E-state index contributed by atoms with van der Waals surface area (Å²) >= 11 is 3.44. The molecule has 1 aromatic carbocycles. The molecule has 0 unspecified atom stereocenters. The Hall–Kier alpha value is -2.54. The maximum atomic E-state index is 12.4. The van der Waals surface area contributed by atoms with Crippen LogP contribution in [-0.4, -0.2) is 25.7 Å². The van der Waals surface area contributed by atoms with Crippen molar-refractivity contribution in [3.8, 4) is 5.95 Å². The molecule has 3 rings (SSSR count). The van der Waals surface area contributed by atoms with Gasteiger partial charge in [0.2, 0.25) is 5.91 Å². The zero-order valence-electron chi connectivity index (χ0n) is 16.4. The fourth-order valence-corrected chi connectivity index (χ4v) is 3.28. The lowest BCUT2D eigenvalue weighted by Crippen LogP contribution is -2.16. The lowest BCUT2D eigenvalue weighted by Gasteiger charge is -2.09. The molecule has 1 amide bonds. The van der Waals surface area contributed by atoms with Gasteiger partial charge in [-0.25, -0.2) is 9.97 Å². The van der Waals surface area contributed by atoms with Crippen LogP contribution < -0.4 is 5.32 Å². The van der Waals surface area contributed by atoms with Crippen LogP contribution in [0.3, 0.4) is 0 Å². The largest absolute Gasteiger partial charge is 0.310 e. The number of nitrogens with one attached hydrogen (secondary N) is 1. The van der Waals surface area contributed by atoms with Gasteiger partial charge in [0.1, 0.15) is 5.82 Å². The third kappa shape index (κ3) is 5.48. The van der Waals surface area contributed by atoms with E-state index in [4.69, 9.17) is 0 Å². The summed E-state index contributed by atoms with van der Waals surface area (Å²) in [5.41, 5.74) is 3.80. The first kappa shape index (κ1) is 20.2. The molecule has 0 fully saturated rings. The van der Waals surface area contributed by atoms with Crippen molar-refractivity contribution in [1.82, 2.24) is 19.7 Å². The van der Waals surface area contributed by atoms with E-state index in [9.17, 15) is 4.79 Å². The molecule has 2 heterocycles. The molecule has 0 aliphatic heterocycles. The number of hydrogen-bond donors (Lipinski definition) is 1. The molecule has 2 aromatic heterocycles. The van der Waals surface area contributed by atoms with Crippen molar-refractivity contribution in [2.45, 2.75) is 46.5 Å². The second-order valence-corrected chi connectivity index (χ2v) is 7.83. The van der Waals surface area contributed by atoms with E-state index in [1.54, 1.807) is 4.68 Å². The summed E-state index contributed by atoms with van der Waals surface area (Å²) in [5.74, 6) is 1.04. The minimum absolute atomic E-state index is 0.0265. The number of rotatable bonds is 7. The van der Waals surface area contributed by atoms with E-state index in [-0.39, 0.29) is 5.91 Å². The van der Waals surface area contributed by atoms with E-state index in [2.05, 4.69) is 48.4 Å². The highest BCUT2D eigenvalue weighted by molar-refractivity contribution is 9.10. The van der Waals surface area contributed by atoms with E-state index >= 15 is 0 Å². The molecule has 0 radical (unpaired) electrons. The summed E-state index contributed by atoms with van der Waals surface area (Å²) in [6.45, 7) is 5.71. The Balaban J connectivity index is 1.57. The number of benzene rings is 1. The van der Waals surface area contributed by atoms with E-state index in [1.165, 1.54) is 5.56 Å². The molecule has 7 heteroatoms. The molecule has 146 valence electrons. The second kappa shape index (κ2) is 9.10. The van der Waals surface area contributed by atoms with E-state index in [0.717, 1.165) is 40.8 Å². The van der Waals surface area contributed by atoms with E-state index in [1.807, 2.05) is 45.0 Å². The quantitative estimate of drug-likeness (QED) is 0.539. The fourth-order valence-electron chi connectivity index (χ4n) is 3.01. The van der Waals surface area contributed by atoms with Crippen LogP contribution in [0.2, 0.25) is 0 Å². The predicted molar refractivity (Wildman–Crippen MR) is 114 cm³/mol. The minimum Gasteiger partial charge on any atom is -0.310 e. The van der Waals surface area contributed by atoms with Crippen LogP contribution in [0, 0.1) is 20.8 Å². The van der Waals surface area contributed by atoms with E-state index < -0.39 is 0 Å². The molecule has 1 N–H and O–H groups in total. The van der Waals surface area contributed by atoms with Gasteiger partial charge in [0, 0.05) is 28.3 Å². The molecule has 0 aliphatic carbocycles. The number of unbranched alkanes of at least 4 members (excludes halogenated alkanes) is 1. The van der Waals surface area contributed by atoms with Crippen molar-refractivity contribution >= 4 is 27.7 Å². The summed E-state index contributed by atoms with van der Waals surface area (Å²) in [4.78, 5) is 21.3. The molecule has 0 bridgehead atoms. The van der Waals surface area contributed by atoms with Crippen LogP contribution >= 0.6 is 15.9 Å². The Bertz CT molecular complexity index is 945. The molecule has 3 aromatic rings. The van der Waals surface area contributed by atoms with Crippen LogP contribution in [0.1, 0.15) is 41.9 Å². The number of aryl methyl sites for hydroxylation is 4. The molecule has 0 saturated heterocycles. The van der Waals surface area contributed by atoms with Crippen LogP contribution in [0.15, 0.2) is 40.9 Å². The Morgan fingerprint density at radius 2 is 1.68 bits per heavy atom. The lowest BCUT2D eigenvalue weighted by atomic mass is 10.1. The van der Waals surface area contributed by atoms with Crippen molar-refractivity contribution in [2.75, 3.05) is 5.32 Å². The maximum Gasteiger partial charge on any atom is 0.252 e. The first-order valence-corrected chi connectivity index (χ1v) is 10.1. The Kier molecular flexibility index (Phi) is 6.57. The Morgan fingerprint density at radius 3 is 2.36 bits per heavy atom. The van der Waals surface area contributed by atoms with E-state index in [0.29, 0.717) is 18.2 Å². The van der Waals surface area contributed by atoms with Crippen molar-refractivity contribution in [2.24, 2.45) is 0 Å². The highest BCUT2D eigenvalue weighted by Gasteiger charge is 2.13. The highest BCUT2D eigenvalue weighted by Crippen LogP contribution is 2.17. The first-order valence-electron chi connectivity index (χ1n) is 9.34. The summed E-state index contributed by atoms with van der Waals surface area (Å²) in [6, 6.07) is 12.0. The van der Waals surface area contributed by atoms with Crippen molar-refractivity contribution in [1.29, 1.82) is 0 Å². The average Bonchev–Trinajstić information content (AvgIpc) is 2.99. The summed E-state index contributed by atoms with van der Waals surface area (Å²) in [6.07, 6.45) is 3.23. The third-order valence-corrected chi connectivity index (χ3v) is 4.82. The number of aromatic nitrogens is 4. The average molecular weight is 442 g/mol. The topological polar surface area (TPSA) is 72.7 Å². The molecule has 0 aliphatic rings. The van der Waals surface area contributed by atoms with Gasteiger partial charge >= 0.3 is 0 Å². The normalized spacial score (nSPS) is 10.9. The second-order valence-electron chi connectivity index (χ2n) is 6.92. The Morgan fingerprint density at radius 1 is 1.00 bits per heavy atom. The Labute approximate surface area is 173 Å². The molecule has 0 atom stereocenters. The van der Waals surface area contributed by atoms with Crippen molar-refractivity contribution in [3.05, 3.63) is 63.5 Å². The SMILES string of the molecule is Cc1cc(C)nc(-n2nc(C)cc2NC(=O)CCCCc2ccc(Br)cc2)n1. The van der Waals surface area contributed by atoms with Crippen LogP contribution in [0.25, 0.3) is 5.95 Å². The first-order chi connectivity index (χ1) is 13.4. The number of carbonyl (C=O) groups is 1. The van der Waals surface area contributed by atoms with Crippen LogP contribution in [0.4, 0.5) is 5.82 Å². The number of nitrogens with zero attached hydrogens (tertiary/aromatic N) is 4. The van der Waals surface area contributed by atoms with Gasteiger partial charge in [0.15, 0.2) is 0 Å². The number of halogens is 1. The van der Waals surface area contributed by atoms with Crippen LogP contribution in [0.5, 0.6) is 0 Å². The summed E-state index contributed by atoms with van der Waals surface area (Å²) in [5, 5.41) is 7.38. The maximum absolute atomic E-state index is 12.4. The van der Waals surface area contributed by atoms with Gasteiger partial charge < -0.3 is 5.32 Å². The minimum atomic E-state index is -0.0265. The number of hydrogen-bond acceptors (Lipinski definition) is 4. The van der Waals surface area contributed by atoms with Crippen LogP contribution in [-0.2, 0) is 11.2 Å². The zero-order chi connectivity index (χ0) is 20.1. The standard InChI is InChI=1S/C21H24BrN5O/c1-14-12-15(2)24-21(23-14)27-19(13-16(3)26-27)25-20(28)7-5-4-6-17-8-10-18(22)11-9-17/h8-13H,4-7H2,1-3H3,(H,25,28). The highest BCUT2D eigenvalue weighted by atomic mass is 79.9. The molecule has 28 heavy (non-hydrogen) atoms. The van der Waals surface area contributed by atoms with Gasteiger partial charge in [0.05, 0.1) is 5.69 Å². The van der Waals surface area contributed by atoms with Gasteiger partial charge in [-0.3, -0.25) is 4.79 Å². The van der Waals surface area contributed by atoms with Gasteiger partial charge in [-0.05, 0) is 63.8 Å². The molecule has 0 spiro atoms. The van der Waals surface area contributed by atoms with Crippen molar-refractivity contribution < 1.29 is 4.79 Å². The monoisotopic (exact) mass is 441 g/mol. The van der Waals surface area contributed by atoms with Gasteiger partial charge in [0.25, 0.3) is 5.95 Å². The zero-order valence-corrected chi connectivity index (χ0v) is 18.0. The number of anilines is 1. The molecular weight excluding hydrogens is 418 g/mol. The smallest absolute Gasteiger partial charge is 0.252 e. The van der Waals surface area contributed by atoms with Gasteiger partial charge in [-0.1, -0.05) is 28.1 Å². The number of carbonyl (C=O) groups excluding carboxylic acids is 1. The number of amides is 1. The summed E-state index contributed by atoms with van der Waals surface area (Å²) in [7, 11) is 0. The predicted octanol–water partition coefficient (Wildman–Crippen LogP) is 4.70.